The largest absolute Gasteiger partial charge is 0.416 e. The highest BCUT2D eigenvalue weighted by atomic mass is 32.2. The molecule has 0 aromatic heterocycles. The van der Waals surface area contributed by atoms with Crippen LogP contribution in [0.5, 0.6) is 0 Å². The number of aliphatic hydroxyl groups is 2. The Bertz CT molecular complexity index is 1530. The number of ether oxygens (including phenoxy) is 1. The first-order valence-corrected chi connectivity index (χ1v) is 15.2. The van der Waals surface area contributed by atoms with Crippen LogP contribution in [0.25, 0.3) is 0 Å². The summed E-state index contributed by atoms with van der Waals surface area (Å²) < 4.78 is 93.5. The number of nitrogens with one attached hydrogen (secondary N) is 1. The summed E-state index contributed by atoms with van der Waals surface area (Å²) in [4.78, 5) is 14.7. The van der Waals surface area contributed by atoms with Gasteiger partial charge in [0.05, 0.1) is 48.1 Å². The first-order chi connectivity index (χ1) is 20.7. The molecule has 0 saturated carbocycles. The predicted octanol–water partition coefficient (Wildman–Crippen LogP) is 4.67. The fraction of sp³-hybridized carbons (Fsp3) is 0.367. The lowest BCUT2D eigenvalue weighted by molar-refractivity contribution is -0.137. The lowest BCUT2D eigenvalue weighted by Gasteiger charge is -2.27. The molecule has 238 valence electrons. The molecule has 1 fully saturated rings. The van der Waals surface area contributed by atoms with Crippen molar-refractivity contribution >= 4 is 21.4 Å². The maximum absolute atomic E-state index is 13.0. The van der Waals surface area contributed by atoms with Gasteiger partial charge in [0.25, 0.3) is 5.91 Å². The van der Waals surface area contributed by atoms with Crippen LogP contribution in [-0.2, 0) is 26.4 Å². The van der Waals surface area contributed by atoms with Gasteiger partial charge in [0.1, 0.15) is 5.60 Å². The zero-order valence-electron chi connectivity index (χ0n) is 23.5. The monoisotopic (exact) mass is 642 g/mol. The molecule has 1 unspecified atom stereocenters. The number of carbonyl (C=O) groups is 1. The van der Waals surface area contributed by atoms with Crippen molar-refractivity contribution < 1.29 is 50.1 Å². The van der Waals surface area contributed by atoms with Gasteiger partial charge in [-0.3, -0.25) is 4.79 Å². The topological polar surface area (TPSA) is 116 Å². The van der Waals surface area contributed by atoms with E-state index in [1.807, 2.05) is 0 Å². The Morgan fingerprint density at radius 2 is 1.66 bits per heavy atom. The first-order valence-electron chi connectivity index (χ1n) is 13.6. The number of anilines is 1. The molecular formula is C30H31F5N2O6S. The van der Waals surface area contributed by atoms with Crippen LogP contribution < -0.4 is 10.2 Å². The van der Waals surface area contributed by atoms with Crippen LogP contribution in [0, 0.1) is 0 Å². The number of amides is 1. The van der Waals surface area contributed by atoms with E-state index in [0.29, 0.717) is 11.3 Å². The second kappa shape index (κ2) is 13.2. The first kappa shape index (κ1) is 33.3. The quantitative estimate of drug-likeness (QED) is 0.261. The molecule has 0 spiro atoms. The molecule has 1 amide bonds. The zero-order valence-corrected chi connectivity index (χ0v) is 24.3. The molecule has 3 atom stereocenters. The van der Waals surface area contributed by atoms with Gasteiger partial charge in [0.2, 0.25) is 0 Å². The van der Waals surface area contributed by atoms with Crippen molar-refractivity contribution in [3.63, 3.8) is 0 Å². The average molecular weight is 643 g/mol. The maximum atomic E-state index is 13.0. The summed E-state index contributed by atoms with van der Waals surface area (Å²) in [6, 6.07) is 14.1. The van der Waals surface area contributed by atoms with E-state index in [1.165, 1.54) is 55.5 Å². The molecule has 3 aromatic carbocycles. The van der Waals surface area contributed by atoms with E-state index in [1.54, 1.807) is 4.90 Å². The van der Waals surface area contributed by atoms with Gasteiger partial charge in [-0.25, -0.2) is 8.42 Å². The van der Waals surface area contributed by atoms with E-state index in [4.69, 9.17) is 0 Å². The smallest absolute Gasteiger partial charge is 0.394 e. The molecule has 1 aliphatic heterocycles. The molecule has 3 N–H and O–H groups in total. The SMILES string of the molecule is CCS(=O)(=O)c1ccc([C@H](CO)NC(=O)c2ccc(N3CC(O)(c4ccc(C(F)(F)F)cc4)C[C@H]3COC(F)F)cc2)cc1. The second-order valence-corrected chi connectivity index (χ2v) is 12.7. The number of benzene rings is 3. The van der Waals surface area contributed by atoms with Gasteiger partial charge in [0.15, 0.2) is 9.84 Å². The van der Waals surface area contributed by atoms with E-state index in [9.17, 15) is 45.4 Å². The van der Waals surface area contributed by atoms with Gasteiger partial charge in [-0.2, -0.15) is 22.0 Å². The molecule has 4 rings (SSSR count). The number of β-amino-alcohol motifs (C(OH)–C–C–N with tert-alkyl or cyclic N) is 1. The minimum Gasteiger partial charge on any atom is -0.394 e. The molecule has 1 saturated heterocycles. The van der Waals surface area contributed by atoms with Gasteiger partial charge in [0, 0.05) is 17.7 Å². The van der Waals surface area contributed by atoms with Crippen LogP contribution in [-0.4, -0.2) is 62.7 Å². The van der Waals surface area contributed by atoms with Crippen molar-refractivity contribution in [3.8, 4) is 0 Å². The zero-order chi connectivity index (χ0) is 32.3. The Balaban J connectivity index is 1.51. The summed E-state index contributed by atoms with van der Waals surface area (Å²) in [5.74, 6) is -0.630. The van der Waals surface area contributed by atoms with Crippen LogP contribution in [0.15, 0.2) is 77.7 Å². The number of sulfone groups is 1. The standard InChI is InChI=1S/C30H31F5N2O6S/c1-2-44(41,42)25-13-5-19(6-14-25)26(16-38)36-27(39)20-3-11-23(12-4-20)37-18-29(40,15-24(37)17-43-28(31)32)21-7-9-22(10-8-21)30(33,34)35/h3-14,24,26,28,38,40H,2,15-18H2,1H3,(H,36,39)/t24-,26-,29?/m0/s1. The molecular weight excluding hydrogens is 611 g/mol. The van der Waals surface area contributed by atoms with Crippen molar-refractivity contribution in [1.82, 2.24) is 5.32 Å². The Labute approximate surface area is 251 Å². The molecule has 44 heavy (non-hydrogen) atoms. The second-order valence-electron chi connectivity index (χ2n) is 10.4. The maximum Gasteiger partial charge on any atom is 0.416 e. The molecule has 3 aromatic rings. The molecule has 14 heteroatoms. The summed E-state index contributed by atoms with van der Waals surface area (Å²) >= 11 is 0. The lowest BCUT2D eigenvalue weighted by atomic mass is 9.90. The number of nitrogens with zero attached hydrogens (tertiary/aromatic N) is 1. The highest BCUT2D eigenvalue weighted by Crippen LogP contribution is 2.40. The summed E-state index contributed by atoms with van der Waals surface area (Å²) in [7, 11) is -3.42. The van der Waals surface area contributed by atoms with Crippen molar-refractivity contribution in [1.29, 1.82) is 0 Å². The molecule has 0 aliphatic carbocycles. The molecule has 0 radical (unpaired) electrons. The summed E-state index contributed by atoms with van der Waals surface area (Å²) in [5.41, 5.74) is -1.27. The Kier molecular flexibility index (Phi) is 9.98. The third-order valence-corrected chi connectivity index (χ3v) is 9.33. The average Bonchev–Trinajstić information content (AvgIpc) is 3.36. The van der Waals surface area contributed by atoms with Crippen molar-refractivity contribution in [2.45, 2.75) is 48.7 Å². The third-order valence-electron chi connectivity index (χ3n) is 7.58. The van der Waals surface area contributed by atoms with Gasteiger partial charge < -0.3 is 25.2 Å². The van der Waals surface area contributed by atoms with Crippen molar-refractivity contribution in [3.05, 3.63) is 95.1 Å². The number of hydrogen-bond acceptors (Lipinski definition) is 7. The van der Waals surface area contributed by atoms with E-state index in [0.717, 1.165) is 24.3 Å². The number of alkyl halides is 5. The Morgan fingerprint density at radius 1 is 1.05 bits per heavy atom. The number of rotatable bonds is 11. The Morgan fingerprint density at radius 3 is 2.18 bits per heavy atom. The van der Waals surface area contributed by atoms with Crippen molar-refractivity contribution in [2.24, 2.45) is 0 Å². The van der Waals surface area contributed by atoms with Crippen LogP contribution in [0.2, 0.25) is 0 Å². The van der Waals surface area contributed by atoms with E-state index >= 15 is 0 Å². The minimum absolute atomic E-state index is 0.0751. The van der Waals surface area contributed by atoms with Gasteiger partial charge >= 0.3 is 12.8 Å². The van der Waals surface area contributed by atoms with Crippen LogP contribution >= 0.6 is 0 Å². The van der Waals surface area contributed by atoms with E-state index in [2.05, 4.69) is 10.1 Å². The summed E-state index contributed by atoms with van der Waals surface area (Å²) in [6.07, 6.45) is -4.67. The molecule has 1 aliphatic rings. The fourth-order valence-corrected chi connectivity index (χ4v) is 6.03. The highest BCUT2D eigenvalue weighted by molar-refractivity contribution is 7.91. The van der Waals surface area contributed by atoms with E-state index in [-0.39, 0.29) is 34.7 Å². The lowest BCUT2D eigenvalue weighted by Crippen LogP contribution is -2.35. The van der Waals surface area contributed by atoms with Gasteiger partial charge in [-0.1, -0.05) is 31.2 Å². The van der Waals surface area contributed by atoms with Crippen molar-refractivity contribution in [2.75, 3.05) is 30.4 Å². The summed E-state index contributed by atoms with van der Waals surface area (Å²) in [6.45, 7) is -2.64. The molecule has 0 bridgehead atoms. The normalized spacial score (nSPS) is 19.8. The minimum atomic E-state index is -4.57. The number of aliphatic hydroxyl groups excluding tert-OH is 1. The number of carbonyl (C=O) groups excluding carboxylic acids is 1. The van der Waals surface area contributed by atoms with Gasteiger partial charge in [-0.15, -0.1) is 0 Å². The number of halogens is 5. The van der Waals surface area contributed by atoms with E-state index < -0.39 is 65.0 Å². The fourth-order valence-electron chi connectivity index (χ4n) is 5.14. The number of hydrogen-bond donors (Lipinski definition) is 3. The van der Waals surface area contributed by atoms with Crippen LogP contribution in [0.3, 0.4) is 0 Å². The summed E-state index contributed by atoms with van der Waals surface area (Å²) in [5, 5.41) is 23.9. The Hall–Kier alpha value is -3.59. The highest BCUT2D eigenvalue weighted by Gasteiger charge is 2.45. The molecule has 1 heterocycles. The predicted molar refractivity (Wildman–Crippen MR) is 151 cm³/mol. The van der Waals surface area contributed by atoms with Gasteiger partial charge in [-0.05, 0) is 59.7 Å². The van der Waals surface area contributed by atoms with Crippen LogP contribution in [0.1, 0.15) is 46.4 Å². The van der Waals surface area contributed by atoms with Crippen LogP contribution in [0.4, 0.5) is 27.6 Å². The molecule has 8 nitrogen and oxygen atoms in total. The third kappa shape index (κ3) is 7.54.